The summed E-state index contributed by atoms with van der Waals surface area (Å²) >= 11 is 1.64. The number of carbonyl (C=O) groups excluding carboxylic acids is 2. The zero-order valence-electron chi connectivity index (χ0n) is 17.6. The molecule has 3 nitrogen and oxygen atoms in total. The first-order valence-electron chi connectivity index (χ1n) is 10.5. The Labute approximate surface area is 186 Å². The zero-order chi connectivity index (χ0) is 21.5. The van der Waals surface area contributed by atoms with Crippen molar-refractivity contribution >= 4 is 29.0 Å². The Morgan fingerprint density at radius 2 is 1.45 bits per heavy atom. The molecule has 0 spiro atoms. The van der Waals surface area contributed by atoms with E-state index in [4.69, 9.17) is 0 Å². The van der Waals surface area contributed by atoms with E-state index in [2.05, 4.69) is 17.0 Å². The van der Waals surface area contributed by atoms with Gasteiger partial charge < -0.3 is 4.90 Å². The van der Waals surface area contributed by atoms with Crippen molar-refractivity contribution in [3.63, 3.8) is 0 Å². The SMILES string of the molecule is Cc1ccc(C(=O)C2=C3Sc4ccccc4N3C[C@@H](C(=O)c3ccc(C)cc3)C2)cc1. The molecule has 0 N–H and O–H groups in total. The van der Waals surface area contributed by atoms with E-state index in [9.17, 15) is 9.59 Å². The van der Waals surface area contributed by atoms with Gasteiger partial charge in [0.25, 0.3) is 0 Å². The van der Waals surface area contributed by atoms with Crippen LogP contribution in [-0.4, -0.2) is 18.1 Å². The highest BCUT2D eigenvalue weighted by Crippen LogP contribution is 2.51. The molecule has 5 rings (SSSR count). The predicted octanol–water partition coefficient (Wildman–Crippen LogP) is 6.21. The molecule has 0 unspecified atom stereocenters. The Hall–Kier alpha value is -3.11. The molecule has 0 amide bonds. The van der Waals surface area contributed by atoms with E-state index in [1.165, 1.54) is 0 Å². The first-order valence-corrected chi connectivity index (χ1v) is 11.3. The number of nitrogens with zero attached hydrogens (tertiary/aromatic N) is 1. The van der Waals surface area contributed by atoms with E-state index in [0.29, 0.717) is 24.1 Å². The molecule has 154 valence electrons. The van der Waals surface area contributed by atoms with Crippen molar-refractivity contribution < 1.29 is 9.59 Å². The molecule has 0 radical (unpaired) electrons. The first kappa shape index (κ1) is 19.8. The Bertz CT molecular complexity index is 1210. The molecule has 1 atom stereocenters. The summed E-state index contributed by atoms with van der Waals surface area (Å²) in [7, 11) is 0. The van der Waals surface area contributed by atoms with E-state index in [1.807, 2.05) is 74.5 Å². The molecular weight excluding hydrogens is 402 g/mol. The van der Waals surface area contributed by atoms with Crippen molar-refractivity contribution in [3.05, 3.63) is 106 Å². The van der Waals surface area contributed by atoms with Crippen molar-refractivity contribution in [2.45, 2.75) is 25.2 Å². The van der Waals surface area contributed by atoms with Crippen LogP contribution in [0.2, 0.25) is 0 Å². The number of rotatable bonds is 4. The summed E-state index contributed by atoms with van der Waals surface area (Å²) in [6.07, 6.45) is 0.465. The molecule has 0 saturated carbocycles. The summed E-state index contributed by atoms with van der Waals surface area (Å²) in [5.41, 5.74) is 5.45. The third-order valence-electron chi connectivity index (χ3n) is 6.01. The minimum Gasteiger partial charge on any atom is -0.334 e. The number of carbonyl (C=O) groups is 2. The van der Waals surface area contributed by atoms with Crippen molar-refractivity contribution in [2.75, 3.05) is 11.4 Å². The highest BCUT2D eigenvalue weighted by molar-refractivity contribution is 8.03. The van der Waals surface area contributed by atoms with Crippen molar-refractivity contribution in [2.24, 2.45) is 5.92 Å². The van der Waals surface area contributed by atoms with Gasteiger partial charge in [0, 0.05) is 34.1 Å². The number of ketones is 2. The fraction of sp³-hybridized carbons (Fsp3) is 0.185. The lowest BCUT2D eigenvalue weighted by Crippen LogP contribution is -2.37. The molecule has 31 heavy (non-hydrogen) atoms. The number of thioether (sulfide) groups is 1. The quantitative estimate of drug-likeness (QED) is 0.466. The van der Waals surface area contributed by atoms with Gasteiger partial charge in [0.2, 0.25) is 0 Å². The highest BCUT2D eigenvalue weighted by atomic mass is 32.2. The number of hydrogen-bond donors (Lipinski definition) is 0. The summed E-state index contributed by atoms with van der Waals surface area (Å²) < 4.78 is 0. The lowest BCUT2D eigenvalue weighted by atomic mass is 9.85. The summed E-state index contributed by atoms with van der Waals surface area (Å²) in [4.78, 5) is 30.2. The van der Waals surface area contributed by atoms with Gasteiger partial charge in [-0.15, -0.1) is 0 Å². The molecular formula is C27H23NO2S. The third-order valence-corrected chi connectivity index (χ3v) is 7.24. The Kier molecular flexibility index (Phi) is 5.03. The summed E-state index contributed by atoms with van der Waals surface area (Å²) in [6, 6.07) is 23.6. The topological polar surface area (TPSA) is 37.4 Å². The zero-order valence-corrected chi connectivity index (χ0v) is 18.4. The molecule has 0 saturated heterocycles. The van der Waals surface area contributed by atoms with Crippen LogP contribution in [-0.2, 0) is 0 Å². The summed E-state index contributed by atoms with van der Waals surface area (Å²) in [6.45, 7) is 4.62. The standard InChI is InChI=1S/C27H23NO2S/c1-17-7-11-19(12-8-17)25(29)21-15-22(26(30)20-13-9-18(2)10-14-20)27-28(16-21)23-5-3-4-6-24(23)31-27/h3-14,21H,15-16H2,1-2H3/t21-/m0/s1. The Balaban J connectivity index is 1.55. The fourth-order valence-electron chi connectivity index (χ4n) is 4.26. The van der Waals surface area contributed by atoms with Gasteiger partial charge in [-0.3, -0.25) is 9.59 Å². The maximum absolute atomic E-state index is 13.5. The molecule has 0 fully saturated rings. The number of fused-ring (bicyclic) bond motifs is 3. The van der Waals surface area contributed by atoms with E-state index in [-0.39, 0.29) is 17.5 Å². The molecule has 2 heterocycles. The van der Waals surface area contributed by atoms with Crippen molar-refractivity contribution in [3.8, 4) is 0 Å². The number of benzene rings is 3. The molecule has 0 aliphatic carbocycles. The minimum absolute atomic E-state index is 0.0155. The van der Waals surface area contributed by atoms with Gasteiger partial charge in [-0.25, -0.2) is 0 Å². The number of aryl methyl sites for hydroxylation is 2. The van der Waals surface area contributed by atoms with Crippen LogP contribution in [0.1, 0.15) is 38.3 Å². The molecule has 2 aliphatic heterocycles. The van der Waals surface area contributed by atoms with Crippen LogP contribution < -0.4 is 4.90 Å². The lowest BCUT2D eigenvalue weighted by Gasteiger charge is -2.32. The normalized spacial score (nSPS) is 17.4. The number of hydrogen-bond acceptors (Lipinski definition) is 4. The molecule has 0 bridgehead atoms. The van der Waals surface area contributed by atoms with E-state index >= 15 is 0 Å². The van der Waals surface area contributed by atoms with Crippen molar-refractivity contribution in [1.82, 2.24) is 0 Å². The van der Waals surface area contributed by atoms with Gasteiger partial charge in [-0.1, -0.05) is 83.6 Å². The average Bonchev–Trinajstić information content (AvgIpc) is 3.17. The average molecular weight is 426 g/mol. The van der Waals surface area contributed by atoms with Crippen LogP contribution in [0.15, 0.2) is 88.3 Å². The van der Waals surface area contributed by atoms with E-state index in [1.54, 1.807) is 11.8 Å². The predicted molar refractivity (Wildman–Crippen MR) is 126 cm³/mol. The van der Waals surface area contributed by atoms with Gasteiger partial charge in [0.1, 0.15) is 0 Å². The van der Waals surface area contributed by atoms with Gasteiger partial charge >= 0.3 is 0 Å². The van der Waals surface area contributed by atoms with Gasteiger partial charge in [-0.2, -0.15) is 0 Å². The van der Waals surface area contributed by atoms with Crippen LogP contribution in [0.5, 0.6) is 0 Å². The Morgan fingerprint density at radius 3 is 2.13 bits per heavy atom. The van der Waals surface area contributed by atoms with Gasteiger partial charge in [0.05, 0.1) is 10.7 Å². The summed E-state index contributed by atoms with van der Waals surface area (Å²) in [5, 5.41) is 0.972. The van der Waals surface area contributed by atoms with Crippen LogP contribution >= 0.6 is 11.8 Å². The largest absolute Gasteiger partial charge is 0.334 e. The summed E-state index contributed by atoms with van der Waals surface area (Å²) in [5.74, 6) is -0.146. The molecule has 0 aromatic heterocycles. The maximum Gasteiger partial charge on any atom is 0.191 e. The molecule has 3 aromatic carbocycles. The second-order valence-corrected chi connectivity index (χ2v) is 9.32. The second kappa shape index (κ2) is 7.86. The Morgan fingerprint density at radius 1 is 0.839 bits per heavy atom. The van der Waals surface area contributed by atoms with Gasteiger partial charge in [-0.05, 0) is 32.4 Å². The van der Waals surface area contributed by atoms with E-state index < -0.39 is 0 Å². The van der Waals surface area contributed by atoms with Gasteiger partial charge in [0.15, 0.2) is 11.6 Å². The maximum atomic E-state index is 13.5. The van der Waals surface area contributed by atoms with Crippen LogP contribution in [0.3, 0.4) is 0 Å². The smallest absolute Gasteiger partial charge is 0.191 e. The second-order valence-electron chi connectivity index (χ2n) is 8.29. The number of allylic oxidation sites excluding steroid dienone is 1. The van der Waals surface area contributed by atoms with Crippen LogP contribution in [0.25, 0.3) is 0 Å². The third kappa shape index (κ3) is 3.61. The molecule has 3 aromatic rings. The number of para-hydroxylation sites is 1. The van der Waals surface area contributed by atoms with Crippen LogP contribution in [0, 0.1) is 19.8 Å². The monoisotopic (exact) mass is 425 g/mol. The first-order chi connectivity index (χ1) is 15.0. The van der Waals surface area contributed by atoms with Crippen LogP contribution in [0.4, 0.5) is 5.69 Å². The minimum atomic E-state index is -0.261. The molecule has 4 heteroatoms. The highest BCUT2D eigenvalue weighted by Gasteiger charge is 2.39. The fourth-order valence-corrected chi connectivity index (χ4v) is 5.48. The van der Waals surface area contributed by atoms with E-state index in [0.717, 1.165) is 32.3 Å². The number of Topliss-reactive ketones (excluding diaryl/α,β-unsaturated/α-hetero) is 2. The number of anilines is 1. The van der Waals surface area contributed by atoms with Crippen molar-refractivity contribution in [1.29, 1.82) is 0 Å². The lowest BCUT2D eigenvalue weighted by molar-refractivity contribution is 0.0915. The molecule has 2 aliphatic rings.